The summed E-state index contributed by atoms with van der Waals surface area (Å²) >= 11 is 5.86. The molecule has 16 heteroatoms. The summed E-state index contributed by atoms with van der Waals surface area (Å²) in [7, 11) is 1.53. The minimum absolute atomic E-state index is 0.0263. The molecular weight excluding hydrogens is 674 g/mol. The lowest BCUT2D eigenvalue weighted by Crippen LogP contribution is -2.43. The van der Waals surface area contributed by atoms with E-state index in [2.05, 4.69) is 26.6 Å². The van der Waals surface area contributed by atoms with Crippen LogP contribution in [0.3, 0.4) is 0 Å². The van der Waals surface area contributed by atoms with Gasteiger partial charge in [-0.25, -0.2) is 0 Å². The van der Waals surface area contributed by atoms with Gasteiger partial charge in [-0.1, -0.05) is 48.7 Å². The Morgan fingerprint density at radius 2 is 1.16 bits per heavy atom. The summed E-state index contributed by atoms with van der Waals surface area (Å²) in [6, 6.07) is 14.5. The van der Waals surface area contributed by atoms with Crippen molar-refractivity contribution in [2.24, 2.45) is 11.5 Å². The number of nitrogens with zero attached hydrogens (tertiary/aromatic N) is 2. The molecule has 0 bridgehead atoms. The average Bonchev–Trinajstić information content (AvgIpc) is 3.11. The molecule has 0 aromatic heterocycles. The molecule has 0 radical (unpaired) electrons. The summed E-state index contributed by atoms with van der Waals surface area (Å²) in [5, 5.41) is 30.3. The van der Waals surface area contributed by atoms with Gasteiger partial charge in [0, 0.05) is 95.8 Å². The Bertz CT molecular complexity index is 1410. The molecule has 2 aromatic carbocycles. The number of anilines is 1. The van der Waals surface area contributed by atoms with Crippen LogP contribution in [0.25, 0.3) is 0 Å². The van der Waals surface area contributed by atoms with Gasteiger partial charge in [-0.3, -0.25) is 35.3 Å². The molecular formula is C35H54ClN11O4. The molecule has 51 heavy (non-hydrogen) atoms. The van der Waals surface area contributed by atoms with Gasteiger partial charge in [0.25, 0.3) is 0 Å². The highest BCUT2D eigenvalue weighted by atomic mass is 35.5. The highest BCUT2D eigenvalue weighted by molar-refractivity contribution is 6.30. The van der Waals surface area contributed by atoms with E-state index in [0.717, 1.165) is 36.8 Å². The Labute approximate surface area is 305 Å². The number of nitrogens with one attached hydrogen (secondary N) is 7. The first-order chi connectivity index (χ1) is 24.5. The van der Waals surface area contributed by atoms with Gasteiger partial charge in [-0.2, -0.15) is 0 Å². The topological polar surface area (TPSA) is 235 Å². The number of halogens is 1. The number of amides is 4. The van der Waals surface area contributed by atoms with E-state index >= 15 is 0 Å². The van der Waals surface area contributed by atoms with Crippen molar-refractivity contribution in [3.05, 3.63) is 64.7 Å². The number of hydrogen-bond donors (Lipinski definition) is 9. The van der Waals surface area contributed by atoms with Crippen molar-refractivity contribution in [2.75, 3.05) is 51.6 Å². The lowest BCUT2D eigenvalue weighted by Gasteiger charge is -2.24. The van der Waals surface area contributed by atoms with Crippen LogP contribution in [0.2, 0.25) is 5.02 Å². The van der Waals surface area contributed by atoms with Crippen molar-refractivity contribution >= 4 is 52.8 Å². The minimum Gasteiger partial charge on any atom is -0.359 e. The van der Waals surface area contributed by atoms with Gasteiger partial charge in [0.05, 0.1) is 0 Å². The summed E-state index contributed by atoms with van der Waals surface area (Å²) in [5.74, 6) is -0.666. The predicted octanol–water partition coefficient (Wildman–Crippen LogP) is 2.06. The summed E-state index contributed by atoms with van der Waals surface area (Å²) in [4.78, 5) is 52.8. The lowest BCUT2D eigenvalue weighted by molar-refractivity contribution is -0.134. The van der Waals surface area contributed by atoms with Crippen LogP contribution in [0.4, 0.5) is 5.69 Å². The van der Waals surface area contributed by atoms with Crippen LogP contribution < -0.4 is 38.1 Å². The number of hydrogen-bond acceptors (Lipinski definition) is 8. The molecule has 0 unspecified atom stereocenters. The van der Waals surface area contributed by atoms with Gasteiger partial charge in [-0.05, 0) is 48.2 Å². The van der Waals surface area contributed by atoms with Gasteiger partial charge in [0.15, 0.2) is 11.9 Å². The molecule has 0 saturated heterocycles. The number of benzene rings is 2. The summed E-state index contributed by atoms with van der Waals surface area (Å²) in [6.07, 6.45) is 3.83. The molecule has 15 nitrogen and oxygen atoms in total. The van der Waals surface area contributed by atoms with Crippen LogP contribution in [0, 0.1) is 10.8 Å². The third-order valence-corrected chi connectivity index (χ3v) is 8.03. The number of guanidine groups is 2. The zero-order valence-electron chi connectivity index (χ0n) is 29.5. The van der Waals surface area contributed by atoms with E-state index in [1.807, 2.05) is 24.3 Å². The highest BCUT2D eigenvalue weighted by Gasteiger charge is 2.17. The molecule has 0 aliphatic heterocycles. The van der Waals surface area contributed by atoms with Crippen molar-refractivity contribution in [2.45, 2.75) is 64.5 Å². The molecule has 280 valence electrons. The summed E-state index contributed by atoms with van der Waals surface area (Å²) < 4.78 is 0. The fraction of sp³-hybridized carbons (Fsp3) is 0.486. The maximum atomic E-state index is 13.0. The molecule has 0 atom stereocenters. The average molecular weight is 728 g/mol. The number of rotatable bonds is 22. The summed E-state index contributed by atoms with van der Waals surface area (Å²) in [5.41, 5.74) is 14.0. The van der Waals surface area contributed by atoms with E-state index in [1.165, 1.54) is 7.05 Å². The molecule has 11 N–H and O–H groups in total. The lowest BCUT2D eigenvalue weighted by atomic mass is 10.1. The van der Waals surface area contributed by atoms with Crippen LogP contribution in [0.1, 0.15) is 62.5 Å². The molecule has 0 fully saturated rings. The Morgan fingerprint density at radius 3 is 1.65 bits per heavy atom. The zero-order valence-corrected chi connectivity index (χ0v) is 30.2. The monoisotopic (exact) mass is 727 g/mol. The summed E-state index contributed by atoms with van der Waals surface area (Å²) in [6.45, 7) is 3.15. The molecule has 0 spiro atoms. The van der Waals surface area contributed by atoms with E-state index < -0.39 is 0 Å². The van der Waals surface area contributed by atoms with Gasteiger partial charge in [0.2, 0.25) is 23.6 Å². The smallest absolute Gasteiger partial charge is 0.223 e. The standard InChI is InChI=1S/C35H54ClN11O4/c1-41-30(48)14-16-32(50)46(22-18-37)24-26-6-8-27(9-7-26)25-47(23-19-38)33(51)17-15-31(49)42-20-4-2-3-5-21-43-34(39)45-35(40)44-29-12-10-28(36)11-13-29/h6-13H,2-5,14-25,37-38H2,1H3,(H,41,48)(H,42,49)(H5,39,40,43,44,45). The largest absolute Gasteiger partial charge is 0.359 e. The molecule has 0 saturated carbocycles. The van der Waals surface area contributed by atoms with E-state index in [0.29, 0.717) is 63.1 Å². The second kappa shape index (κ2) is 24.4. The highest BCUT2D eigenvalue weighted by Crippen LogP contribution is 2.14. The van der Waals surface area contributed by atoms with E-state index in [4.69, 9.17) is 33.9 Å². The normalized spacial score (nSPS) is 10.5. The second-order valence-corrected chi connectivity index (χ2v) is 12.3. The van der Waals surface area contributed by atoms with Gasteiger partial charge in [0.1, 0.15) is 0 Å². The molecule has 2 rings (SSSR count). The van der Waals surface area contributed by atoms with Crippen molar-refractivity contribution in [3.63, 3.8) is 0 Å². The fourth-order valence-electron chi connectivity index (χ4n) is 4.98. The SMILES string of the molecule is CNC(=O)CCC(=O)N(CCN)Cc1ccc(CN(CCN)C(=O)CCC(=O)NCCCCCCNC(=N)NC(=N)Nc2ccc(Cl)cc2)cc1. The molecule has 2 aromatic rings. The van der Waals surface area contributed by atoms with Crippen LogP contribution >= 0.6 is 11.6 Å². The molecule has 4 amide bonds. The number of carbonyl (C=O) groups excluding carboxylic acids is 4. The fourth-order valence-corrected chi connectivity index (χ4v) is 5.11. The third-order valence-electron chi connectivity index (χ3n) is 7.78. The van der Waals surface area contributed by atoms with Crippen LogP contribution in [0.5, 0.6) is 0 Å². The zero-order chi connectivity index (χ0) is 37.4. The van der Waals surface area contributed by atoms with Crippen molar-refractivity contribution in [3.8, 4) is 0 Å². The van der Waals surface area contributed by atoms with Crippen molar-refractivity contribution in [1.82, 2.24) is 31.1 Å². The van der Waals surface area contributed by atoms with Gasteiger partial charge in [-0.15, -0.1) is 0 Å². The van der Waals surface area contributed by atoms with Gasteiger partial charge < -0.3 is 42.5 Å². The van der Waals surface area contributed by atoms with E-state index in [9.17, 15) is 19.2 Å². The molecule has 0 heterocycles. The second-order valence-electron chi connectivity index (χ2n) is 11.9. The first-order valence-electron chi connectivity index (χ1n) is 17.3. The van der Waals surface area contributed by atoms with E-state index in [1.54, 1.807) is 34.1 Å². The maximum Gasteiger partial charge on any atom is 0.223 e. The Kier molecular flexibility index (Phi) is 20.3. The minimum atomic E-state index is -0.192. The number of nitrogens with two attached hydrogens (primary N) is 2. The van der Waals surface area contributed by atoms with Crippen LogP contribution in [0.15, 0.2) is 48.5 Å². The van der Waals surface area contributed by atoms with Crippen LogP contribution in [-0.2, 0) is 32.3 Å². The molecule has 0 aliphatic rings. The quantitative estimate of drug-likeness (QED) is 0.0490. The Hall–Kier alpha value is -4.73. The third kappa shape index (κ3) is 18.2. The van der Waals surface area contributed by atoms with Crippen LogP contribution in [-0.4, -0.2) is 91.7 Å². The van der Waals surface area contributed by atoms with Gasteiger partial charge >= 0.3 is 0 Å². The maximum absolute atomic E-state index is 13.0. The van der Waals surface area contributed by atoms with Crippen molar-refractivity contribution < 1.29 is 19.2 Å². The first kappa shape index (κ1) is 42.4. The number of carbonyl (C=O) groups is 4. The Morgan fingerprint density at radius 1 is 0.667 bits per heavy atom. The first-order valence-corrected chi connectivity index (χ1v) is 17.6. The van der Waals surface area contributed by atoms with E-state index in [-0.39, 0.29) is 61.2 Å². The Balaban J connectivity index is 1.63. The van der Waals surface area contributed by atoms with Crippen molar-refractivity contribution in [1.29, 1.82) is 10.8 Å². The predicted molar refractivity (Wildman–Crippen MR) is 201 cm³/mol. The number of unbranched alkanes of at least 4 members (excludes halogenated alkanes) is 3. The molecule has 0 aliphatic carbocycles.